The van der Waals surface area contributed by atoms with Crippen LogP contribution in [0.2, 0.25) is 0 Å². The summed E-state index contributed by atoms with van der Waals surface area (Å²) in [7, 11) is 0. The van der Waals surface area contributed by atoms with Crippen LogP contribution in [0.5, 0.6) is 0 Å². The largest absolute Gasteiger partial charge is 0.443 e. The van der Waals surface area contributed by atoms with Gasteiger partial charge in [-0.2, -0.15) is 0 Å². The fourth-order valence-electron chi connectivity index (χ4n) is 1.88. The van der Waals surface area contributed by atoms with Gasteiger partial charge in [-0.05, 0) is 33.8 Å². The zero-order valence-corrected chi connectivity index (χ0v) is 11.7. The molecule has 2 aromatic rings. The predicted octanol–water partition coefficient (Wildman–Crippen LogP) is 3.80. The van der Waals surface area contributed by atoms with E-state index in [0.717, 1.165) is 16.5 Å². The second-order valence-electron chi connectivity index (χ2n) is 5.29. The van der Waals surface area contributed by atoms with Gasteiger partial charge in [-0.25, -0.2) is 4.79 Å². The standard InChI is InChI=1S/C16H17NO2/c1-5-8-12-11-17(15(18)19-16(2,3)4)14-10-7-6-9-13(12)14/h6-7,9-11H,1-4H3. The number of hydrogen-bond acceptors (Lipinski definition) is 2. The van der Waals surface area contributed by atoms with Crippen LogP contribution < -0.4 is 0 Å². The molecule has 0 fully saturated rings. The SMILES string of the molecule is CC#Cc1cn(C(=O)OC(C)(C)C)c2ccccc12. The number of aromatic nitrogens is 1. The Bertz CT molecular complexity index is 678. The molecule has 3 nitrogen and oxygen atoms in total. The van der Waals surface area contributed by atoms with E-state index in [1.807, 2.05) is 45.0 Å². The maximum atomic E-state index is 12.2. The van der Waals surface area contributed by atoms with Crippen molar-refractivity contribution < 1.29 is 9.53 Å². The van der Waals surface area contributed by atoms with Crippen LogP contribution in [0.25, 0.3) is 10.9 Å². The van der Waals surface area contributed by atoms with Crippen molar-refractivity contribution in [3.8, 4) is 11.8 Å². The highest BCUT2D eigenvalue weighted by molar-refractivity contribution is 5.93. The van der Waals surface area contributed by atoms with Crippen molar-refractivity contribution in [1.29, 1.82) is 0 Å². The van der Waals surface area contributed by atoms with Gasteiger partial charge in [0, 0.05) is 11.6 Å². The second kappa shape index (κ2) is 4.81. The Hall–Kier alpha value is -2.21. The summed E-state index contributed by atoms with van der Waals surface area (Å²) < 4.78 is 6.91. The first kappa shape index (κ1) is 13.2. The van der Waals surface area contributed by atoms with E-state index >= 15 is 0 Å². The third-order valence-electron chi connectivity index (χ3n) is 2.56. The van der Waals surface area contributed by atoms with Gasteiger partial charge in [0.25, 0.3) is 0 Å². The zero-order valence-electron chi connectivity index (χ0n) is 11.7. The Balaban J connectivity index is 2.54. The number of ether oxygens (including phenoxy) is 1. The van der Waals surface area contributed by atoms with Gasteiger partial charge in [0.2, 0.25) is 0 Å². The lowest BCUT2D eigenvalue weighted by molar-refractivity contribution is 0.0544. The van der Waals surface area contributed by atoms with Crippen LogP contribution in [0.4, 0.5) is 4.79 Å². The molecule has 2 rings (SSSR count). The molecule has 0 atom stereocenters. The minimum absolute atomic E-state index is 0.382. The van der Waals surface area contributed by atoms with Gasteiger partial charge in [0.05, 0.1) is 11.1 Å². The highest BCUT2D eigenvalue weighted by Gasteiger charge is 2.20. The summed E-state index contributed by atoms with van der Waals surface area (Å²) in [6.45, 7) is 7.33. The highest BCUT2D eigenvalue weighted by Crippen LogP contribution is 2.22. The summed E-state index contributed by atoms with van der Waals surface area (Å²) in [4.78, 5) is 12.2. The molecule has 0 radical (unpaired) electrons. The molecule has 0 amide bonds. The number of fused-ring (bicyclic) bond motifs is 1. The van der Waals surface area contributed by atoms with E-state index < -0.39 is 5.60 Å². The zero-order chi connectivity index (χ0) is 14.0. The van der Waals surface area contributed by atoms with Crippen molar-refractivity contribution in [2.75, 3.05) is 0 Å². The van der Waals surface area contributed by atoms with E-state index in [9.17, 15) is 4.79 Å². The molecule has 19 heavy (non-hydrogen) atoms. The van der Waals surface area contributed by atoms with E-state index in [1.165, 1.54) is 4.57 Å². The Labute approximate surface area is 113 Å². The van der Waals surface area contributed by atoms with Gasteiger partial charge in [0.15, 0.2) is 0 Å². The van der Waals surface area contributed by atoms with Crippen LogP contribution in [0.1, 0.15) is 33.3 Å². The third-order valence-corrected chi connectivity index (χ3v) is 2.56. The van der Waals surface area contributed by atoms with Crippen LogP contribution in [0.15, 0.2) is 30.5 Å². The van der Waals surface area contributed by atoms with Crippen LogP contribution >= 0.6 is 0 Å². The summed E-state index contributed by atoms with van der Waals surface area (Å²) >= 11 is 0. The molecule has 0 spiro atoms. The first-order chi connectivity index (χ1) is 8.92. The summed E-state index contributed by atoms with van der Waals surface area (Å²) in [6, 6.07) is 7.67. The number of rotatable bonds is 0. The average Bonchev–Trinajstić information content (AvgIpc) is 2.67. The van der Waals surface area contributed by atoms with Crippen molar-refractivity contribution in [3.05, 3.63) is 36.0 Å². The minimum Gasteiger partial charge on any atom is -0.443 e. The van der Waals surface area contributed by atoms with E-state index in [0.29, 0.717) is 0 Å². The maximum absolute atomic E-state index is 12.2. The fourth-order valence-corrected chi connectivity index (χ4v) is 1.88. The number of carbonyl (C=O) groups is 1. The Kier molecular flexibility index (Phi) is 3.35. The van der Waals surface area contributed by atoms with Crippen LogP contribution in [-0.2, 0) is 4.74 Å². The van der Waals surface area contributed by atoms with Gasteiger partial charge in [-0.15, -0.1) is 5.92 Å². The summed E-state index contributed by atoms with van der Waals surface area (Å²) in [6.07, 6.45) is 1.35. The topological polar surface area (TPSA) is 31.2 Å². The van der Waals surface area contributed by atoms with E-state index in [-0.39, 0.29) is 6.09 Å². The Morgan fingerprint density at radius 1 is 1.26 bits per heavy atom. The normalized spacial score (nSPS) is 10.9. The molecule has 0 unspecified atom stereocenters. The molecule has 98 valence electrons. The Morgan fingerprint density at radius 2 is 1.95 bits per heavy atom. The lowest BCUT2D eigenvalue weighted by atomic mass is 10.2. The molecule has 0 N–H and O–H groups in total. The monoisotopic (exact) mass is 255 g/mol. The molecule has 1 heterocycles. The number of nitrogens with zero attached hydrogens (tertiary/aromatic N) is 1. The molecule has 0 bridgehead atoms. The quantitative estimate of drug-likeness (QED) is 0.670. The lowest BCUT2D eigenvalue weighted by Crippen LogP contribution is -2.26. The van der Waals surface area contributed by atoms with Crippen LogP contribution in [0.3, 0.4) is 0 Å². The lowest BCUT2D eigenvalue weighted by Gasteiger charge is -2.19. The number of para-hydroxylation sites is 1. The predicted molar refractivity (Wildman–Crippen MR) is 76.1 cm³/mol. The number of carbonyl (C=O) groups excluding carboxylic acids is 1. The van der Waals surface area contributed by atoms with Crippen molar-refractivity contribution in [1.82, 2.24) is 4.57 Å². The first-order valence-electron chi connectivity index (χ1n) is 6.18. The third kappa shape index (κ3) is 2.79. The maximum Gasteiger partial charge on any atom is 0.419 e. The second-order valence-corrected chi connectivity index (χ2v) is 5.29. The van der Waals surface area contributed by atoms with Gasteiger partial charge < -0.3 is 4.74 Å². The number of hydrogen-bond donors (Lipinski definition) is 0. The molecule has 0 aliphatic heterocycles. The van der Waals surface area contributed by atoms with E-state index in [1.54, 1.807) is 13.1 Å². The van der Waals surface area contributed by atoms with Crippen LogP contribution in [0, 0.1) is 11.8 Å². The van der Waals surface area contributed by atoms with Crippen molar-refractivity contribution in [2.45, 2.75) is 33.3 Å². The fraction of sp³-hybridized carbons (Fsp3) is 0.312. The molecular formula is C16H17NO2. The van der Waals surface area contributed by atoms with Gasteiger partial charge in [0.1, 0.15) is 5.60 Å². The summed E-state index contributed by atoms with van der Waals surface area (Å²) in [5.41, 5.74) is 1.14. The molecular weight excluding hydrogens is 238 g/mol. The van der Waals surface area contributed by atoms with Gasteiger partial charge >= 0.3 is 6.09 Å². The van der Waals surface area contributed by atoms with Crippen molar-refractivity contribution >= 4 is 17.0 Å². The van der Waals surface area contributed by atoms with E-state index in [4.69, 9.17) is 4.74 Å². The van der Waals surface area contributed by atoms with Crippen LogP contribution in [-0.4, -0.2) is 16.3 Å². The van der Waals surface area contributed by atoms with E-state index in [2.05, 4.69) is 11.8 Å². The van der Waals surface area contributed by atoms with Gasteiger partial charge in [-0.3, -0.25) is 4.57 Å². The number of benzene rings is 1. The molecule has 1 aromatic carbocycles. The summed E-state index contributed by atoms with van der Waals surface area (Å²) in [5.74, 6) is 5.87. The van der Waals surface area contributed by atoms with Crippen molar-refractivity contribution in [2.24, 2.45) is 0 Å². The molecule has 0 aliphatic carbocycles. The van der Waals surface area contributed by atoms with Crippen molar-refractivity contribution in [3.63, 3.8) is 0 Å². The molecule has 1 aromatic heterocycles. The first-order valence-corrected chi connectivity index (χ1v) is 6.18. The smallest absolute Gasteiger partial charge is 0.419 e. The highest BCUT2D eigenvalue weighted by atomic mass is 16.6. The Morgan fingerprint density at radius 3 is 2.58 bits per heavy atom. The van der Waals surface area contributed by atoms with Gasteiger partial charge in [-0.1, -0.05) is 24.1 Å². The summed E-state index contributed by atoms with van der Waals surface area (Å²) in [5, 5.41) is 0.961. The molecule has 3 heteroatoms. The minimum atomic E-state index is -0.515. The average molecular weight is 255 g/mol. The molecule has 0 aliphatic rings. The molecule has 0 saturated carbocycles. The molecule has 0 saturated heterocycles.